The zero-order chi connectivity index (χ0) is 10.6. The van der Waals surface area contributed by atoms with Gasteiger partial charge in [-0.25, -0.2) is 0 Å². The quantitative estimate of drug-likeness (QED) is 0.803. The lowest BCUT2D eigenvalue weighted by Gasteiger charge is -2.08. The summed E-state index contributed by atoms with van der Waals surface area (Å²) >= 11 is 5.78. The molecule has 0 bridgehead atoms. The molecule has 76 valence electrons. The van der Waals surface area contributed by atoms with Crippen LogP contribution in [0.1, 0.15) is 12.5 Å². The molecule has 0 amide bonds. The largest absolute Gasteiger partial charge is 0.480 e. The van der Waals surface area contributed by atoms with Crippen molar-refractivity contribution >= 4 is 17.6 Å². The molecule has 1 aromatic carbocycles. The van der Waals surface area contributed by atoms with Crippen LogP contribution in [0.5, 0.6) is 0 Å². The first-order valence-corrected chi connectivity index (χ1v) is 4.68. The third-order valence-electron chi connectivity index (χ3n) is 1.87. The molecule has 0 saturated carbocycles. The standard InChI is InChI=1S/C10H12ClNO2/c1-7(10(13)14)12-6-8-3-2-4-9(11)5-8/h2-5,7,12H,6H2,1H3,(H,13,14). The molecule has 4 heteroatoms. The molecular formula is C10H12ClNO2. The van der Waals surface area contributed by atoms with E-state index in [1.165, 1.54) is 0 Å². The summed E-state index contributed by atoms with van der Waals surface area (Å²) in [6, 6.07) is 6.78. The number of rotatable bonds is 4. The molecule has 1 atom stereocenters. The van der Waals surface area contributed by atoms with Gasteiger partial charge in [0.1, 0.15) is 6.04 Å². The number of benzene rings is 1. The third kappa shape index (κ3) is 3.36. The van der Waals surface area contributed by atoms with Gasteiger partial charge in [0.15, 0.2) is 0 Å². The van der Waals surface area contributed by atoms with E-state index in [9.17, 15) is 4.79 Å². The van der Waals surface area contributed by atoms with Crippen LogP contribution < -0.4 is 5.32 Å². The van der Waals surface area contributed by atoms with Gasteiger partial charge < -0.3 is 10.4 Å². The van der Waals surface area contributed by atoms with Gasteiger partial charge in [-0.15, -0.1) is 0 Å². The van der Waals surface area contributed by atoms with Crippen molar-refractivity contribution in [3.8, 4) is 0 Å². The first-order chi connectivity index (χ1) is 6.59. The van der Waals surface area contributed by atoms with E-state index in [1.54, 1.807) is 13.0 Å². The van der Waals surface area contributed by atoms with Gasteiger partial charge in [-0.3, -0.25) is 4.79 Å². The Labute approximate surface area is 87.7 Å². The lowest BCUT2D eigenvalue weighted by molar-refractivity contribution is -0.139. The molecule has 0 aliphatic rings. The van der Waals surface area contributed by atoms with Gasteiger partial charge >= 0.3 is 5.97 Å². The maximum absolute atomic E-state index is 10.5. The van der Waals surface area contributed by atoms with Crippen LogP contribution in [0.3, 0.4) is 0 Å². The molecule has 0 heterocycles. The van der Waals surface area contributed by atoms with Crippen molar-refractivity contribution in [2.24, 2.45) is 0 Å². The molecule has 0 saturated heterocycles. The van der Waals surface area contributed by atoms with E-state index in [1.807, 2.05) is 18.2 Å². The number of halogens is 1. The van der Waals surface area contributed by atoms with Gasteiger partial charge in [-0.2, -0.15) is 0 Å². The minimum absolute atomic E-state index is 0.508. The van der Waals surface area contributed by atoms with Gasteiger partial charge in [0.2, 0.25) is 0 Å². The Balaban J connectivity index is 2.49. The van der Waals surface area contributed by atoms with Crippen molar-refractivity contribution in [2.75, 3.05) is 0 Å². The smallest absolute Gasteiger partial charge is 0.320 e. The predicted octanol–water partition coefficient (Wildman–Crippen LogP) is 1.90. The maximum Gasteiger partial charge on any atom is 0.320 e. The second-order valence-electron chi connectivity index (χ2n) is 3.07. The van der Waals surface area contributed by atoms with E-state index >= 15 is 0 Å². The van der Waals surface area contributed by atoms with Crippen LogP contribution in [0.25, 0.3) is 0 Å². The first kappa shape index (κ1) is 11.0. The number of nitrogens with one attached hydrogen (secondary N) is 1. The van der Waals surface area contributed by atoms with Crippen molar-refractivity contribution in [3.05, 3.63) is 34.9 Å². The molecule has 1 aromatic rings. The Hall–Kier alpha value is -1.06. The van der Waals surface area contributed by atoms with E-state index in [0.29, 0.717) is 11.6 Å². The van der Waals surface area contributed by atoms with Crippen LogP contribution in [0.4, 0.5) is 0 Å². The molecule has 0 fully saturated rings. The fourth-order valence-electron chi connectivity index (χ4n) is 1.01. The molecule has 0 aromatic heterocycles. The summed E-state index contributed by atoms with van der Waals surface area (Å²) in [6.07, 6.45) is 0. The van der Waals surface area contributed by atoms with E-state index < -0.39 is 12.0 Å². The summed E-state index contributed by atoms with van der Waals surface area (Å²) in [7, 11) is 0. The summed E-state index contributed by atoms with van der Waals surface area (Å²) in [5, 5.41) is 12.2. The van der Waals surface area contributed by atoms with E-state index in [-0.39, 0.29) is 0 Å². The van der Waals surface area contributed by atoms with Crippen molar-refractivity contribution in [3.63, 3.8) is 0 Å². The lowest BCUT2D eigenvalue weighted by Crippen LogP contribution is -2.33. The first-order valence-electron chi connectivity index (χ1n) is 4.30. The van der Waals surface area contributed by atoms with Gasteiger partial charge in [-0.05, 0) is 24.6 Å². The van der Waals surface area contributed by atoms with E-state index in [2.05, 4.69) is 5.32 Å². The van der Waals surface area contributed by atoms with Crippen LogP contribution in [0.2, 0.25) is 5.02 Å². The summed E-state index contributed by atoms with van der Waals surface area (Å²) < 4.78 is 0. The number of hydrogen-bond acceptors (Lipinski definition) is 2. The molecule has 0 aliphatic carbocycles. The summed E-state index contributed by atoms with van der Waals surface area (Å²) in [4.78, 5) is 10.5. The molecule has 0 spiro atoms. The van der Waals surface area contributed by atoms with E-state index in [4.69, 9.17) is 16.7 Å². The zero-order valence-electron chi connectivity index (χ0n) is 7.83. The summed E-state index contributed by atoms with van der Waals surface area (Å²) in [6.45, 7) is 2.11. The van der Waals surface area contributed by atoms with Crippen LogP contribution in [-0.2, 0) is 11.3 Å². The number of carboxylic acids is 1. The van der Waals surface area contributed by atoms with Gasteiger partial charge in [-0.1, -0.05) is 23.7 Å². The fourth-order valence-corrected chi connectivity index (χ4v) is 1.22. The number of aliphatic carboxylic acids is 1. The molecule has 3 nitrogen and oxygen atoms in total. The normalized spacial score (nSPS) is 12.4. The highest BCUT2D eigenvalue weighted by molar-refractivity contribution is 6.30. The minimum atomic E-state index is -0.855. The molecule has 0 radical (unpaired) electrons. The average molecular weight is 214 g/mol. The summed E-state index contributed by atoms with van der Waals surface area (Å²) in [5.41, 5.74) is 0.977. The second kappa shape index (κ2) is 4.98. The van der Waals surface area contributed by atoms with Crippen LogP contribution in [0.15, 0.2) is 24.3 Å². The third-order valence-corrected chi connectivity index (χ3v) is 2.11. The minimum Gasteiger partial charge on any atom is -0.480 e. The van der Waals surface area contributed by atoms with Crippen LogP contribution in [0, 0.1) is 0 Å². The second-order valence-corrected chi connectivity index (χ2v) is 3.51. The van der Waals surface area contributed by atoms with Crippen molar-refractivity contribution < 1.29 is 9.90 Å². The molecule has 0 aliphatic heterocycles. The summed E-state index contributed by atoms with van der Waals surface area (Å²) in [5.74, 6) is -0.855. The Morgan fingerprint density at radius 3 is 2.93 bits per heavy atom. The monoisotopic (exact) mass is 213 g/mol. The molecule has 1 unspecified atom stereocenters. The topological polar surface area (TPSA) is 49.3 Å². The Morgan fingerprint density at radius 1 is 1.64 bits per heavy atom. The average Bonchev–Trinajstić information content (AvgIpc) is 2.14. The van der Waals surface area contributed by atoms with Crippen molar-refractivity contribution in [2.45, 2.75) is 19.5 Å². The van der Waals surface area contributed by atoms with Crippen LogP contribution in [-0.4, -0.2) is 17.1 Å². The lowest BCUT2D eigenvalue weighted by atomic mass is 10.2. The van der Waals surface area contributed by atoms with Gasteiger partial charge in [0.25, 0.3) is 0 Å². The Kier molecular flexibility index (Phi) is 3.92. The Bertz CT molecular complexity index is 328. The SMILES string of the molecule is CC(NCc1cccc(Cl)c1)C(=O)O. The highest BCUT2D eigenvalue weighted by atomic mass is 35.5. The van der Waals surface area contributed by atoms with Crippen molar-refractivity contribution in [1.29, 1.82) is 0 Å². The van der Waals surface area contributed by atoms with Crippen LogP contribution >= 0.6 is 11.6 Å². The highest BCUT2D eigenvalue weighted by Gasteiger charge is 2.08. The predicted molar refractivity (Wildman–Crippen MR) is 55.4 cm³/mol. The molecule has 1 rings (SSSR count). The van der Waals surface area contributed by atoms with Gasteiger partial charge in [0, 0.05) is 11.6 Å². The zero-order valence-corrected chi connectivity index (χ0v) is 8.58. The molecule has 14 heavy (non-hydrogen) atoms. The van der Waals surface area contributed by atoms with Crippen molar-refractivity contribution in [1.82, 2.24) is 5.32 Å². The van der Waals surface area contributed by atoms with E-state index in [0.717, 1.165) is 5.56 Å². The molecular weight excluding hydrogens is 202 g/mol. The highest BCUT2D eigenvalue weighted by Crippen LogP contribution is 2.10. The number of hydrogen-bond donors (Lipinski definition) is 2. The number of carboxylic acid groups (broad SMARTS) is 1. The van der Waals surface area contributed by atoms with Gasteiger partial charge in [0.05, 0.1) is 0 Å². The fraction of sp³-hybridized carbons (Fsp3) is 0.300. The Morgan fingerprint density at radius 2 is 2.36 bits per heavy atom. The molecule has 2 N–H and O–H groups in total. The number of carbonyl (C=O) groups is 1. The maximum atomic E-state index is 10.5.